The fourth-order valence-corrected chi connectivity index (χ4v) is 6.04. The summed E-state index contributed by atoms with van der Waals surface area (Å²) in [4.78, 5) is 7.25. The number of guanidine groups is 1. The van der Waals surface area contributed by atoms with Crippen molar-refractivity contribution in [2.75, 3.05) is 39.8 Å². The molecule has 1 aromatic carbocycles. The molecule has 170 valence electrons. The van der Waals surface area contributed by atoms with Gasteiger partial charge in [0.25, 0.3) is 0 Å². The van der Waals surface area contributed by atoms with E-state index in [-0.39, 0.29) is 24.0 Å². The van der Waals surface area contributed by atoms with E-state index in [2.05, 4.69) is 29.1 Å². The highest BCUT2D eigenvalue weighted by atomic mass is 127. The Morgan fingerprint density at radius 3 is 2.33 bits per heavy atom. The quantitative estimate of drug-likeness (QED) is 0.335. The van der Waals surface area contributed by atoms with Crippen LogP contribution < -0.4 is 5.32 Å². The summed E-state index contributed by atoms with van der Waals surface area (Å²) in [5.74, 6) is 2.98. The first-order valence-electron chi connectivity index (χ1n) is 10.9. The molecule has 1 aromatic rings. The largest absolute Gasteiger partial charge is 0.356 e. The predicted octanol–water partition coefficient (Wildman–Crippen LogP) is 3.65. The Morgan fingerprint density at radius 1 is 1.10 bits per heavy atom. The van der Waals surface area contributed by atoms with Crippen molar-refractivity contribution in [1.82, 2.24) is 14.5 Å². The van der Waals surface area contributed by atoms with Crippen LogP contribution in [-0.4, -0.2) is 63.4 Å². The van der Waals surface area contributed by atoms with E-state index in [0.717, 1.165) is 50.3 Å². The molecule has 0 bridgehead atoms. The van der Waals surface area contributed by atoms with Crippen LogP contribution in [0, 0.1) is 17.8 Å². The summed E-state index contributed by atoms with van der Waals surface area (Å²) >= 11 is 0. The van der Waals surface area contributed by atoms with Gasteiger partial charge in [0.05, 0.1) is 4.90 Å². The van der Waals surface area contributed by atoms with Crippen molar-refractivity contribution in [3.8, 4) is 0 Å². The number of likely N-dealkylation sites (tertiary alicyclic amines) is 1. The van der Waals surface area contributed by atoms with Gasteiger partial charge < -0.3 is 10.2 Å². The highest BCUT2D eigenvalue weighted by molar-refractivity contribution is 14.0. The lowest BCUT2D eigenvalue weighted by Gasteiger charge is -2.32. The highest BCUT2D eigenvalue weighted by Crippen LogP contribution is 2.25. The monoisotopic (exact) mass is 548 g/mol. The molecule has 2 fully saturated rings. The maximum atomic E-state index is 12.8. The van der Waals surface area contributed by atoms with Crippen molar-refractivity contribution in [3.63, 3.8) is 0 Å². The van der Waals surface area contributed by atoms with Crippen LogP contribution in [0.2, 0.25) is 0 Å². The van der Waals surface area contributed by atoms with Gasteiger partial charge in [-0.3, -0.25) is 4.99 Å². The Balaban J connectivity index is 0.00000320. The fourth-order valence-electron chi connectivity index (χ4n) is 4.55. The predicted molar refractivity (Wildman–Crippen MR) is 134 cm³/mol. The van der Waals surface area contributed by atoms with Crippen LogP contribution in [-0.2, 0) is 10.0 Å². The SMILES string of the molecule is CN=C(NCC1CCN(S(=O)(=O)c2ccccc2)CC1)N1CCC(CC(C)C)C1.I. The first kappa shape index (κ1) is 25.4. The van der Waals surface area contributed by atoms with Gasteiger partial charge in [0.15, 0.2) is 5.96 Å². The van der Waals surface area contributed by atoms with Gasteiger partial charge in [0, 0.05) is 39.8 Å². The van der Waals surface area contributed by atoms with Crippen molar-refractivity contribution in [3.05, 3.63) is 30.3 Å². The van der Waals surface area contributed by atoms with Crippen LogP contribution in [0.4, 0.5) is 0 Å². The second-order valence-corrected chi connectivity index (χ2v) is 10.8. The van der Waals surface area contributed by atoms with Gasteiger partial charge in [0.1, 0.15) is 0 Å². The summed E-state index contributed by atoms with van der Waals surface area (Å²) in [6.07, 6.45) is 4.29. The molecule has 0 spiro atoms. The summed E-state index contributed by atoms with van der Waals surface area (Å²) in [5.41, 5.74) is 0. The standard InChI is InChI=1S/C22H36N4O2S.HI/c1-18(2)15-20-9-12-25(17-20)22(23-3)24-16-19-10-13-26(14-11-19)29(27,28)21-7-5-4-6-8-21;/h4-8,18-20H,9-17H2,1-3H3,(H,23,24);1H. The molecule has 0 aliphatic carbocycles. The lowest BCUT2D eigenvalue weighted by molar-refractivity contribution is 0.272. The minimum absolute atomic E-state index is 0. The molecule has 1 unspecified atom stereocenters. The minimum Gasteiger partial charge on any atom is -0.356 e. The molecule has 0 aromatic heterocycles. The molecule has 6 nitrogen and oxygen atoms in total. The van der Waals surface area contributed by atoms with E-state index in [9.17, 15) is 8.42 Å². The van der Waals surface area contributed by atoms with Gasteiger partial charge in [0.2, 0.25) is 10.0 Å². The maximum Gasteiger partial charge on any atom is 0.243 e. The lowest BCUT2D eigenvalue weighted by Crippen LogP contribution is -2.45. The molecule has 0 radical (unpaired) electrons. The molecule has 0 saturated carbocycles. The smallest absolute Gasteiger partial charge is 0.243 e. The highest BCUT2D eigenvalue weighted by Gasteiger charge is 2.30. The number of sulfonamides is 1. The summed E-state index contributed by atoms with van der Waals surface area (Å²) in [6, 6.07) is 8.75. The van der Waals surface area contributed by atoms with Gasteiger partial charge >= 0.3 is 0 Å². The number of rotatable bonds is 6. The van der Waals surface area contributed by atoms with E-state index in [0.29, 0.717) is 23.9 Å². The zero-order chi connectivity index (χ0) is 20.9. The summed E-state index contributed by atoms with van der Waals surface area (Å²) in [5, 5.41) is 3.55. The average molecular weight is 549 g/mol. The zero-order valence-corrected chi connectivity index (χ0v) is 21.6. The van der Waals surface area contributed by atoms with Gasteiger partial charge in [-0.1, -0.05) is 32.0 Å². The van der Waals surface area contributed by atoms with Crippen molar-refractivity contribution in [2.24, 2.45) is 22.7 Å². The number of nitrogens with one attached hydrogen (secondary N) is 1. The first-order valence-corrected chi connectivity index (χ1v) is 12.3. The Kier molecular flexibility index (Phi) is 9.87. The van der Waals surface area contributed by atoms with Crippen molar-refractivity contribution in [1.29, 1.82) is 0 Å². The summed E-state index contributed by atoms with van der Waals surface area (Å²) in [7, 11) is -1.52. The molecule has 1 N–H and O–H groups in total. The average Bonchev–Trinajstić information content (AvgIpc) is 3.17. The third kappa shape index (κ3) is 6.56. The van der Waals surface area contributed by atoms with E-state index >= 15 is 0 Å². The Bertz CT molecular complexity index is 778. The van der Waals surface area contributed by atoms with E-state index in [4.69, 9.17) is 0 Å². The van der Waals surface area contributed by atoms with Gasteiger partial charge in [-0.05, 0) is 55.6 Å². The molecule has 3 rings (SSSR count). The van der Waals surface area contributed by atoms with E-state index < -0.39 is 10.0 Å². The second kappa shape index (κ2) is 11.7. The molecule has 1 atom stereocenters. The van der Waals surface area contributed by atoms with Gasteiger partial charge in [-0.25, -0.2) is 8.42 Å². The minimum atomic E-state index is -3.37. The van der Waals surface area contributed by atoms with Crippen molar-refractivity contribution in [2.45, 2.75) is 44.4 Å². The molecule has 2 saturated heterocycles. The Hall–Kier alpha value is -0.870. The molecule has 2 aliphatic heterocycles. The summed E-state index contributed by atoms with van der Waals surface area (Å²) in [6.45, 7) is 8.78. The molecule has 2 aliphatic rings. The number of piperidine rings is 1. The summed E-state index contributed by atoms with van der Waals surface area (Å²) < 4.78 is 27.2. The third-order valence-corrected chi connectivity index (χ3v) is 8.02. The van der Waals surface area contributed by atoms with E-state index in [1.165, 1.54) is 12.8 Å². The van der Waals surface area contributed by atoms with E-state index in [1.54, 1.807) is 28.6 Å². The number of aliphatic imine (C=N–C) groups is 1. The van der Waals surface area contributed by atoms with E-state index in [1.807, 2.05) is 13.1 Å². The second-order valence-electron chi connectivity index (χ2n) is 8.82. The molecule has 30 heavy (non-hydrogen) atoms. The Labute approximate surface area is 199 Å². The number of hydrogen-bond acceptors (Lipinski definition) is 3. The fraction of sp³-hybridized carbons (Fsp3) is 0.682. The first-order chi connectivity index (χ1) is 13.9. The molecule has 8 heteroatoms. The van der Waals surface area contributed by atoms with Crippen LogP contribution in [0.15, 0.2) is 40.2 Å². The van der Waals surface area contributed by atoms with Crippen LogP contribution in [0.5, 0.6) is 0 Å². The lowest BCUT2D eigenvalue weighted by atomic mass is 9.97. The zero-order valence-electron chi connectivity index (χ0n) is 18.5. The molecule has 2 heterocycles. The van der Waals surface area contributed by atoms with Crippen molar-refractivity contribution < 1.29 is 8.42 Å². The van der Waals surface area contributed by atoms with Crippen LogP contribution in [0.1, 0.15) is 39.5 Å². The number of nitrogens with zero attached hydrogens (tertiary/aromatic N) is 3. The normalized spacial score (nSPS) is 21.7. The number of halogens is 1. The maximum absolute atomic E-state index is 12.8. The van der Waals surface area contributed by atoms with Gasteiger partial charge in [-0.2, -0.15) is 4.31 Å². The Morgan fingerprint density at radius 2 is 1.73 bits per heavy atom. The van der Waals surface area contributed by atoms with Gasteiger partial charge in [-0.15, -0.1) is 24.0 Å². The topological polar surface area (TPSA) is 65.0 Å². The number of benzene rings is 1. The van der Waals surface area contributed by atoms with Crippen molar-refractivity contribution >= 4 is 40.0 Å². The molecule has 0 amide bonds. The third-order valence-electron chi connectivity index (χ3n) is 6.11. The van der Waals surface area contributed by atoms with Crippen LogP contribution in [0.3, 0.4) is 0 Å². The number of hydrogen-bond donors (Lipinski definition) is 1. The molecular formula is C22H37IN4O2S. The van der Waals surface area contributed by atoms with Crippen LogP contribution in [0.25, 0.3) is 0 Å². The van der Waals surface area contributed by atoms with Crippen LogP contribution >= 0.6 is 24.0 Å². The molecular weight excluding hydrogens is 511 g/mol.